The van der Waals surface area contributed by atoms with E-state index < -0.39 is 0 Å². The Balaban J connectivity index is 1.23. The second-order valence-electron chi connectivity index (χ2n) is 7.46. The topological polar surface area (TPSA) is 86.4 Å². The molecule has 8 heteroatoms. The van der Waals surface area contributed by atoms with Crippen molar-refractivity contribution in [1.82, 2.24) is 20.2 Å². The van der Waals surface area contributed by atoms with Crippen LogP contribution in [0, 0.1) is 11.8 Å². The van der Waals surface area contributed by atoms with Crippen LogP contribution in [0.25, 0.3) is 0 Å². The van der Waals surface area contributed by atoms with Gasteiger partial charge in [-0.3, -0.25) is 0 Å². The molecule has 2 saturated heterocycles. The molecule has 4 heterocycles. The van der Waals surface area contributed by atoms with Gasteiger partial charge in [-0.2, -0.15) is 0 Å². The van der Waals surface area contributed by atoms with Gasteiger partial charge in [0, 0.05) is 31.0 Å². The molecule has 3 aliphatic rings. The average Bonchev–Trinajstić information content (AvgIpc) is 3.31. The molecule has 0 bridgehead atoms. The van der Waals surface area contributed by atoms with E-state index in [-0.39, 0.29) is 6.10 Å². The SMILES string of the molecule is COc1cc(N2CC[C@@H]3[C@@H](CO[C@@H]3Cc3nnc(C4CC4)o3)C2)ncn1. The fraction of sp³-hybridized carbons (Fsp3) is 0.667. The molecular formula is C18H23N5O3. The molecule has 0 spiro atoms. The van der Waals surface area contributed by atoms with Crippen LogP contribution < -0.4 is 9.64 Å². The van der Waals surface area contributed by atoms with Crippen LogP contribution in [-0.4, -0.2) is 53.1 Å². The third kappa shape index (κ3) is 3.02. The number of anilines is 1. The summed E-state index contributed by atoms with van der Waals surface area (Å²) < 4.78 is 17.1. The van der Waals surface area contributed by atoms with Gasteiger partial charge in [0.2, 0.25) is 17.7 Å². The summed E-state index contributed by atoms with van der Waals surface area (Å²) in [7, 11) is 1.62. The maximum absolute atomic E-state index is 6.11. The third-order valence-electron chi connectivity index (χ3n) is 5.74. The monoisotopic (exact) mass is 357 g/mol. The predicted octanol–water partition coefficient (Wildman–Crippen LogP) is 1.83. The van der Waals surface area contributed by atoms with Gasteiger partial charge >= 0.3 is 0 Å². The van der Waals surface area contributed by atoms with Crippen molar-refractivity contribution < 1.29 is 13.9 Å². The molecule has 0 amide bonds. The van der Waals surface area contributed by atoms with Crippen LogP contribution in [-0.2, 0) is 11.2 Å². The molecule has 3 atom stereocenters. The number of hydrogen-bond acceptors (Lipinski definition) is 8. The summed E-state index contributed by atoms with van der Waals surface area (Å²) in [4.78, 5) is 10.8. The van der Waals surface area contributed by atoms with Crippen molar-refractivity contribution >= 4 is 5.82 Å². The Hall–Kier alpha value is -2.22. The zero-order chi connectivity index (χ0) is 17.5. The molecule has 0 unspecified atom stereocenters. The van der Waals surface area contributed by atoms with Gasteiger partial charge in [-0.15, -0.1) is 10.2 Å². The summed E-state index contributed by atoms with van der Waals surface area (Å²) in [5.41, 5.74) is 0. The molecule has 1 saturated carbocycles. The van der Waals surface area contributed by atoms with E-state index in [1.54, 1.807) is 13.4 Å². The van der Waals surface area contributed by atoms with Crippen LogP contribution >= 0.6 is 0 Å². The Morgan fingerprint density at radius 3 is 3.00 bits per heavy atom. The number of methoxy groups -OCH3 is 1. The lowest BCUT2D eigenvalue weighted by atomic mass is 9.83. The van der Waals surface area contributed by atoms with Crippen LogP contribution in [0.5, 0.6) is 5.88 Å². The van der Waals surface area contributed by atoms with Crippen molar-refractivity contribution in [2.45, 2.75) is 37.7 Å². The van der Waals surface area contributed by atoms with E-state index in [0.717, 1.165) is 50.1 Å². The molecule has 8 nitrogen and oxygen atoms in total. The summed E-state index contributed by atoms with van der Waals surface area (Å²) >= 11 is 0. The zero-order valence-corrected chi connectivity index (χ0v) is 14.9. The van der Waals surface area contributed by atoms with Crippen LogP contribution in [0.2, 0.25) is 0 Å². The van der Waals surface area contributed by atoms with Gasteiger partial charge in [-0.1, -0.05) is 0 Å². The minimum atomic E-state index is 0.176. The van der Waals surface area contributed by atoms with Crippen molar-refractivity contribution in [1.29, 1.82) is 0 Å². The van der Waals surface area contributed by atoms with E-state index in [2.05, 4.69) is 25.1 Å². The molecule has 26 heavy (non-hydrogen) atoms. The molecule has 0 radical (unpaired) electrons. The van der Waals surface area contributed by atoms with Crippen molar-refractivity contribution in [3.8, 4) is 5.88 Å². The van der Waals surface area contributed by atoms with E-state index in [0.29, 0.717) is 23.6 Å². The fourth-order valence-electron chi connectivity index (χ4n) is 4.14. The van der Waals surface area contributed by atoms with Crippen LogP contribution in [0.1, 0.15) is 37.0 Å². The standard InChI is InChI=1S/C18H23N5O3/c1-24-16-7-15(19-10-20-16)23-5-4-13-12(8-23)9-25-14(13)6-17-21-22-18(26-17)11-2-3-11/h7,10-14H,2-6,8-9H2,1H3/t12-,13-,14-/m1/s1. The number of nitrogens with zero attached hydrogens (tertiary/aromatic N) is 5. The number of rotatable bonds is 5. The van der Waals surface area contributed by atoms with E-state index in [1.807, 2.05) is 6.07 Å². The molecule has 2 aromatic rings. The molecule has 2 aromatic heterocycles. The lowest BCUT2D eigenvalue weighted by Crippen LogP contribution is -2.42. The summed E-state index contributed by atoms with van der Waals surface area (Å²) in [5.74, 6) is 4.58. The van der Waals surface area contributed by atoms with Gasteiger partial charge in [0.1, 0.15) is 12.1 Å². The molecule has 138 valence electrons. The molecule has 0 N–H and O–H groups in total. The number of hydrogen-bond donors (Lipinski definition) is 0. The largest absolute Gasteiger partial charge is 0.481 e. The van der Waals surface area contributed by atoms with Crippen molar-refractivity contribution in [3.63, 3.8) is 0 Å². The van der Waals surface area contributed by atoms with Gasteiger partial charge in [0.05, 0.1) is 26.2 Å². The lowest BCUT2D eigenvalue weighted by molar-refractivity contribution is 0.0837. The number of piperidine rings is 1. The third-order valence-corrected chi connectivity index (χ3v) is 5.74. The molecular weight excluding hydrogens is 334 g/mol. The van der Waals surface area contributed by atoms with Gasteiger partial charge < -0.3 is 18.8 Å². The minimum absolute atomic E-state index is 0.176. The summed E-state index contributed by atoms with van der Waals surface area (Å²) in [6.45, 7) is 2.68. The Kier molecular flexibility index (Phi) is 4.00. The summed E-state index contributed by atoms with van der Waals surface area (Å²) in [6, 6.07) is 1.89. The summed E-state index contributed by atoms with van der Waals surface area (Å²) in [5, 5.41) is 8.41. The highest BCUT2D eigenvalue weighted by Gasteiger charge is 2.42. The second-order valence-corrected chi connectivity index (χ2v) is 7.46. The zero-order valence-electron chi connectivity index (χ0n) is 14.9. The maximum atomic E-state index is 6.11. The molecule has 0 aromatic carbocycles. The highest BCUT2D eigenvalue weighted by molar-refractivity contribution is 5.41. The van der Waals surface area contributed by atoms with Crippen LogP contribution in [0.3, 0.4) is 0 Å². The normalized spacial score (nSPS) is 28.2. The maximum Gasteiger partial charge on any atom is 0.219 e. The van der Waals surface area contributed by atoms with E-state index in [4.69, 9.17) is 13.9 Å². The first kappa shape index (κ1) is 16.0. The quantitative estimate of drug-likeness (QED) is 0.801. The lowest BCUT2D eigenvalue weighted by Gasteiger charge is -2.36. The predicted molar refractivity (Wildman–Crippen MR) is 92.1 cm³/mol. The minimum Gasteiger partial charge on any atom is -0.481 e. The Labute approximate surface area is 151 Å². The van der Waals surface area contributed by atoms with Gasteiger partial charge in [0.25, 0.3) is 0 Å². The number of fused-ring (bicyclic) bond motifs is 1. The van der Waals surface area contributed by atoms with E-state index >= 15 is 0 Å². The van der Waals surface area contributed by atoms with E-state index in [9.17, 15) is 0 Å². The molecule has 3 fully saturated rings. The first-order chi connectivity index (χ1) is 12.8. The molecule has 1 aliphatic carbocycles. The second kappa shape index (κ2) is 6.50. The molecule has 5 rings (SSSR count). The van der Waals surface area contributed by atoms with E-state index in [1.165, 1.54) is 12.8 Å². The Morgan fingerprint density at radius 2 is 2.15 bits per heavy atom. The van der Waals surface area contributed by atoms with Crippen LogP contribution in [0.4, 0.5) is 5.82 Å². The highest BCUT2D eigenvalue weighted by atomic mass is 16.5. The number of aromatic nitrogens is 4. The van der Waals surface area contributed by atoms with Gasteiger partial charge in [-0.05, 0) is 25.2 Å². The van der Waals surface area contributed by atoms with Crippen molar-refractivity contribution in [2.75, 3.05) is 31.7 Å². The first-order valence-electron chi connectivity index (χ1n) is 9.35. The van der Waals surface area contributed by atoms with Crippen LogP contribution in [0.15, 0.2) is 16.8 Å². The van der Waals surface area contributed by atoms with Crippen molar-refractivity contribution in [3.05, 3.63) is 24.2 Å². The summed E-state index contributed by atoms with van der Waals surface area (Å²) in [6.07, 6.45) is 5.88. The number of ether oxygens (including phenoxy) is 2. The van der Waals surface area contributed by atoms with Gasteiger partial charge in [0.15, 0.2) is 0 Å². The highest BCUT2D eigenvalue weighted by Crippen LogP contribution is 2.40. The Bertz CT molecular complexity index is 778. The van der Waals surface area contributed by atoms with Crippen molar-refractivity contribution in [2.24, 2.45) is 11.8 Å². The first-order valence-corrected chi connectivity index (χ1v) is 9.35. The Morgan fingerprint density at radius 1 is 1.23 bits per heavy atom. The fourth-order valence-corrected chi connectivity index (χ4v) is 4.14. The average molecular weight is 357 g/mol. The smallest absolute Gasteiger partial charge is 0.219 e. The van der Waals surface area contributed by atoms with Gasteiger partial charge in [-0.25, -0.2) is 9.97 Å². The molecule has 2 aliphatic heterocycles.